The van der Waals surface area contributed by atoms with Gasteiger partial charge in [-0.1, -0.05) is 24.6 Å². The Hall–Kier alpha value is 0.140. The molecule has 2 unspecified atom stereocenters. The van der Waals surface area contributed by atoms with Crippen molar-refractivity contribution in [3.63, 3.8) is 0 Å². The van der Waals surface area contributed by atoms with Crippen LogP contribution in [0.3, 0.4) is 0 Å². The van der Waals surface area contributed by atoms with E-state index >= 15 is 0 Å². The summed E-state index contributed by atoms with van der Waals surface area (Å²) in [5.74, 6) is 1.18. The number of hydrogen-bond acceptors (Lipinski definition) is 2. The van der Waals surface area contributed by atoms with Crippen molar-refractivity contribution in [3.05, 3.63) is 27.7 Å². The Morgan fingerprint density at radius 2 is 2.33 bits per heavy atom. The number of thioether (sulfide) groups is 1. The topological polar surface area (TPSA) is 12.0 Å². The zero-order valence-corrected chi connectivity index (χ0v) is 11.6. The minimum atomic E-state index is 0.569. The second-order valence-electron chi connectivity index (χ2n) is 3.82. The highest BCUT2D eigenvalue weighted by Gasteiger charge is 2.22. The van der Waals surface area contributed by atoms with E-state index < -0.39 is 0 Å². The summed E-state index contributed by atoms with van der Waals surface area (Å²) in [5, 5.41) is 5.06. The molecule has 15 heavy (non-hydrogen) atoms. The van der Waals surface area contributed by atoms with Gasteiger partial charge in [0.05, 0.1) is 15.2 Å². The summed E-state index contributed by atoms with van der Waals surface area (Å²) in [5.41, 5.74) is 1.10. The van der Waals surface area contributed by atoms with E-state index in [-0.39, 0.29) is 0 Å². The Kier molecular flexibility index (Phi) is 3.86. The smallest absolute Gasteiger partial charge is 0.0593 e. The van der Waals surface area contributed by atoms with Crippen molar-refractivity contribution in [3.8, 4) is 0 Å². The van der Waals surface area contributed by atoms with Crippen molar-refractivity contribution in [2.24, 2.45) is 0 Å². The Morgan fingerprint density at radius 1 is 1.53 bits per heavy atom. The molecule has 1 aromatic rings. The van der Waals surface area contributed by atoms with Crippen molar-refractivity contribution in [2.75, 3.05) is 11.1 Å². The molecule has 0 saturated carbocycles. The fraction of sp³-hybridized carbons (Fsp3) is 0.455. The van der Waals surface area contributed by atoms with Crippen LogP contribution in [0.4, 0.5) is 5.69 Å². The maximum absolute atomic E-state index is 6.04. The zero-order valence-electron chi connectivity index (χ0n) is 8.47. The van der Waals surface area contributed by atoms with E-state index in [2.05, 4.69) is 34.2 Å². The van der Waals surface area contributed by atoms with Gasteiger partial charge in [-0.2, -0.15) is 11.8 Å². The van der Waals surface area contributed by atoms with Crippen molar-refractivity contribution >= 4 is 45.0 Å². The predicted octanol–water partition coefficient (Wildman–Crippen LogP) is 4.41. The molecule has 2 rings (SSSR count). The first-order chi connectivity index (χ1) is 7.16. The Labute approximate surface area is 108 Å². The van der Waals surface area contributed by atoms with Crippen LogP contribution in [0.5, 0.6) is 0 Å². The summed E-state index contributed by atoms with van der Waals surface area (Å²) in [6.45, 7) is 2.28. The van der Waals surface area contributed by atoms with E-state index in [0.29, 0.717) is 6.04 Å². The first kappa shape index (κ1) is 11.6. The van der Waals surface area contributed by atoms with E-state index in [9.17, 15) is 0 Å². The highest BCUT2D eigenvalue weighted by atomic mass is 79.9. The first-order valence-corrected chi connectivity index (χ1v) is 7.21. The SMILES string of the molecule is CC1CC(Nc2cccc(Cl)c2Br)CS1. The molecule has 1 nitrogen and oxygen atoms in total. The van der Waals surface area contributed by atoms with Crippen LogP contribution in [0.1, 0.15) is 13.3 Å². The summed E-state index contributed by atoms with van der Waals surface area (Å²) in [4.78, 5) is 0. The molecule has 82 valence electrons. The Balaban J connectivity index is 2.07. The highest BCUT2D eigenvalue weighted by Crippen LogP contribution is 2.33. The summed E-state index contributed by atoms with van der Waals surface area (Å²) >= 11 is 11.6. The highest BCUT2D eigenvalue weighted by molar-refractivity contribution is 9.10. The van der Waals surface area contributed by atoms with E-state index in [1.807, 2.05) is 23.9 Å². The molecule has 1 heterocycles. The van der Waals surface area contributed by atoms with Gasteiger partial charge < -0.3 is 5.32 Å². The molecule has 1 aromatic carbocycles. The van der Waals surface area contributed by atoms with E-state index in [1.54, 1.807) is 0 Å². The molecule has 0 bridgehead atoms. The average Bonchev–Trinajstić information content (AvgIpc) is 2.59. The molecular weight excluding hydrogens is 294 g/mol. The van der Waals surface area contributed by atoms with Gasteiger partial charge in [0.25, 0.3) is 0 Å². The lowest BCUT2D eigenvalue weighted by Crippen LogP contribution is -2.19. The summed E-state index contributed by atoms with van der Waals surface area (Å²) < 4.78 is 0.969. The van der Waals surface area contributed by atoms with Gasteiger partial charge in [0.2, 0.25) is 0 Å². The summed E-state index contributed by atoms with van der Waals surface area (Å²) in [7, 11) is 0. The van der Waals surface area contributed by atoms with Crippen LogP contribution in [-0.2, 0) is 0 Å². The third kappa shape index (κ3) is 2.83. The number of hydrogen-bond donors (Lipinski definition) is 1. The molecule has 2 atom stereocenters. The van der Waals surface area contributed by atoms with Gasteiger partial charge >= 0.3 is 0 Å². The van der Waals surface area contributed by atoms with E-state index in [1.165, 1.54) is 12.2 Å². The third-order valence-electron chi connectivity index (χ3n) is 2.51. The van der Waals surface area contributed by atoms with Crippen LogP contribution < -0.4 is 5.32 Å². The molecule has 0 radical (unpaired) electrons. The predicted molar refractivity (Wildman–Crippen MR) is 73.1 cm³/mol. The van der Waals surface area contributed by atoms with Crippen LogP contribution in [0.2, 0.25) is 5.02 Å². The number of benzene rings is 1. The molecular formula is C11H13BrClNS. The van der Waals surface area contributed by atoms with Crippen LogP contribution in [-0.4, -0.2) is 17.0 Å². The van der Waals surface area contributed by atoms with Gasteiger partial charge in [-0.3, -0.25) is 0 Å². The minimum Gasteiger partial charge on any atom is -0.380 e. The number of halogens is 2. The molecule has 1 N–H and O–H groups in total. The normalized spacial score (nSPS) is 25.5. The van der Waals surface area contributed by atoms with Crippen molar-refractivity contribution < 1.29 is 0 Å². The van der Waals surface area contributed by atoms with Crippen LogP contribution in [0.25, 0.3) is 0 Å². The Bertz CT molecular complexity index is 358. The van der Waals surface area contributed by atoms with E-state index in [4.69, 9.17) is 11.6 Å². The third-order valence-corrected chi connectivity index (χ3v) is 5.26. The molecule has 0 spiro atoms. The number of nitrogens with one attached hydrogen (secondary N) is 1. The maximum Gasteiger partial charge on any atom is 0.0593 e. The summed E-state index contributed by atoms with van der Waals surface area (Å²) in [6, 6.07) is 6.49. The summed E-state index contributed by atoms with van der Waals surface area (Å²) in [6.07, 6.45) is 1.23. The minimum absolute atomic E-state index is 0.569. The molecule has 1 aliphatic rings. The van der Waals surface area contributed by atoms with E-state index in [0.717, 1.165) is 20.4 Å². The van der Waals surface area contributed by atoms with Crippen molar-refractivity contribution in [2.45, 2.75) is 24.6 Å². The number of rotatable bonds is 2. The lowest BCUT2D eigenvalue weighted by Gasteiger charge is -2.15. The van der Waals surface area contributed by atoms with Gasteiger partial charge in [-0.15, -0.1) is 0 Å². The largest absolute Gasteiger partial charge is 0.380 e. The van der Waals surface area contributed by atoms with Gasteiger partial charge in [0, 0.05) is 17.0 Å². The second kappa shape index (κ2) is 4.98. The average molecular weight is 307 g/mol. The number of anilines is 1. The van der Waals surface area contributed by atoms with Crippen LogP contribution in [0, 0.1) is 0 Å². The van der Waals surface area contributed by atoms with Crippen LogP contribution in [0.15, 0.2) is 22.7 Å². The molecule has 0 aromatic heterocycles. The molecule has 1 saturated heterocycles. The van der Waals surface area contributed by atoms with Crippen molar-refractivity contribution in [1.29, 1.82) is 0 Å². The molecule has 1 aliphatic heterocycles. The van der Waals surface area contributed by atoms with Gasteiger partial charge in [-0.25, -0.2) is 0 Å². The van der Waals surface area contributed by atoms with Gasteiger partial charge in [-0.05, 0) is 34.5 Å². The monoisotopic (exact) mass is 305 g/mol. The molecule has 0 amide bonds. The molecule has 1 fully saturated rings. The standard InChI is InChI=1S/C11H13BrClNS/c1-7-5-8(6-15-7)14-10-4-2-3-9(13)11(10)12/h2-4,7-8,14H,5-6H2,1H3. The lowest BCUT2D eigenvalue weighted by atomic mass is 10.2. The zero-order chi connectivity index (χ0) is 10.8. The lowest BCUT2D eigenvalue weighted by molar-refractivity contribution is 0.746. The first-order valence-electron chi connectivity index (χ1n) is 4.99. The van der Waals surface area contributed by atoms with Crippen LogP contribution >= 0.6 is 39.3 Å². The van der Waals surface area contributed by atoms with Gasteiger partial charge in [0.15, 0.2) is 0 Å². The Morgan fingerprint density at radius 3 is 3.00 bits per heavy atom. The molecule has 0 aliphatic carbocycles. The fourth-order valence-corrected chi connectivity index (χ4v) is 3.45. The quantitative estimate of drug-likeness (QED) is 0.868. The maximum atomic E-state index is 6.04. The van der Waals surface area contributed by atoms with Gasteiger partial charge in [0.1, 0.15) is 0 Å². The second-order valence-corrected chi connectivity index (χ2v) is 6.49. The molecule has 4 heteroatoms. The fourth-order valence-electron chi connectivity index (χ4n) is 1.75. The van der Waals surface area contributed by atoms with Crippen molar-refractivity contribution in [1.82, 2.24) is 0 Å².